The second kappa shape index (κ2) is 5.04. The molecule has 0 amide bonds. The molecule has 1 rings (SSSR count). The third-order valence-corrected chi connectivity index (χ3v) is 2.71. The van der Waals surface area contributed by atoms with Crippen LogP contribution < -0.4 is 4.90 Å². The Bertz CT molecular complexity index is 438. The summed E-state index contributed by atoms with van der Waals surface area (Å²) in [5, 5.41) is 8.76. The fourth-order valence-electron chi connectivity index (χ4n) is 2.15. The van der Waals surface area contributed by atoms with Gasteiger partial charge < -0.3 is 10.0 Å². The first-order chi connectivity index (χ1) is 7.82. The summed E-state index contributed by atoms with van der Waals surface area (Å²) in [6.45, 7) is 7.88. The molecule has 0 heterocycles. The molecule has 0 aliphatic heterocycles. The number of aryl methyl sites for hydroxylation is 2. The van der Waals surface area contributed by atoms with Crippen LogP contribution >= 0.6 is 0 Å². The van der Waals surface area contributed by atoms with E-state index in [2.05, 4.69) is 11.5 Å². The molecule has 0 aliphatic carbocycles. The van der Waals surface area contributed by atoms with Gasteiger partial charge in [0.2, 0.25) is 0 Å². The van der Waals surface area contributed by atoms with Gasteiger partial charge in [0.15, 0.2) is 0 Å². The van der Waals surface area contributed by atoms with E-state index in [0.29, 0.717) is 5.57 Å². The van der Waals surface area contributed by atoms with Gasteiger partial charge in [0.1, 0.15) is 0 Å². The summed E-state index contributed by atoms with van der Waals surface area (Å²) >= 11 is 0. The van der Waals surface area contributed by atoms with Gasteiger partial charge in [-0.05, 0) is 48.2 Å². The van der Waals surface area contributed by atoms with Crippen molar-refractivity contribution in [3.05, 3.63) is 35.4 Å². The van der Waals surface area contributed by atoms with E-state index in [0.717, 1.165) is 16.7 Å². The minimum Gasteiger partial charge on any atom is -0.481 e. The Labute approximate surface area is 102 Å². The molecule has 1 aromatic rings. The van der Waals surface area contributed by atoms with Crippen molar-refractivity contribution in [3.63, 3.8) is 0 Å². The molecule has 0 aliphatic rings. The number of hydrogen-bond donors (Lipinski definition) is 1. The number of anilines is 1. The maximum atomic E-state index is 10.7. The third-order valence-electron chi connectivity index (χ3n) is 2.71. The summed E-state index contributed by atoms with van der Waals surface area (Å²) in [5.41, 5.74) is 5.01. The first-order valence-corrected chi connectivity index (χ1v) is 5.51. The number of carboxylic acids is 1. The van der Waals surface area contributed by atoms with E-state index in [9.17, 15) is 4.79 Å². The van der Waals surface area contributed by atoms with E-state index in [4.69, 9.17) is 5.11 Å². The van der Waals surface area contributed by atoms with Crippen LogP contribution in [0.5, 0.6) is 0 Å². The number of benzene rings is 1. The standard InChI is InChI=1S/C14H19NO2/c1-9(8-13(16)17)12-6-10(2)14(15(4)5)11(3)7-12/h6-7H,1,8H2,2-5H3,(H,16,17). The maximum Gasteiger partial charge on any atom is 0.307 e. The lowest BCUT2D eigenvalue weighted by atomic mass is 9.97. The summed E-state index contributed by atoms with van der Waals surface area (Å²) in [4.78, 5) is 12.7. The number of carbonyl (C=O) groups is 1. The average molecular weight is 233 g/mol. The highest BCUT2D eigenvalue weighted by molar-refractivity contribution is 5.84. The van der Waals surface area contributed by atoms with Crippen molar-refractivity contribution in [1.29, 1.82) is 0 Å². The van der Waals surface area contributed by atoms with Gasteiger partial charge in [-0.2, -0.15) is 0 Å². The van der Waals surface area contributed by atoms with Gasteiger partial charge in [-0.3, -0.25) is 4.79 Å². The molecule has 92 valence electrons. The number of rotatable bonds is 4. The summed E-state index contributed by atoms with van der Waals surface area (Å²) in [5.74, 6) is -0.845. The topological polar surface area (TPSA) is 40.5 Å². The maximum absolute atomic E-state index is 10.7. The number of nitrogens with zero attached hydrogens (tertiary/aromatic N) is 1. The fraction of sp³-hybridized carbons (Fsp3) is 0.357. The molecule has 0 atom stereocenters. The van der Waals surface area contributed by atoms with Crippen LogP contribution in [0.4, 0.5) is 5.69 Å². The summed E-state index contributed by atoms with van der Waals surface area (Å²) in [6, 6.07) is 3.99. The van der Waals surface area contributed by atoms with Crippen molar-refractivity contribution in [2.45, 2.75) is 20.3 Å². The van der Waals surface area contributed by atoms with Crippen molar-refractivity contribution in [2.75, 3.05) is 19.0 Å². The minimum atomic E-state index is -0.845. The van der Waals surface area contributed by atoms with Gasteiger partial charge in [-0.15, -0.1) is 0 Å². The number of carboxylic acid groups (broad SMARTS) is 1. The molecule has 1 N–H and O–H groups in total. The normalized spacial score (nSPS) is 10.1. The Morgan fingerprint density at radius 1 is 1.29 bits per heavy atom. The van der Waals surface area contributed by atoms with E-state index in [-0.39, 0.29) is 6.42 Å². The van der Waals surface area contributed by atoms with Gasteiger partial charge >= 0.3 is 5.97 Å². The number of hydrogen-bond acceptors (Lipinski definition) is 2. The quantitative estimate of drug-likeness (QED) is 0.869. The first-order valence-electron chi connectivity index (χ1n) is 5.51. The Morgan fingerprint density at radius 3 is 2.12 bits per heavy atom. The van der Waals surface area contributed by atoms with E-state index in [1.807, 2.05) is 40.1 Å². The highest BCUT2D eigenvalue weighted by Gasteiger charge is 2.10. The molecule has 0 fully saturated rings. The van der Waals surface area contributed by atoms with Crippen LogP contribution in [0, 0.1) is 13.8 Å². The second-order valence-electron chi connectivity index (χ2n) is 4.53. The van der Waals surface area contributed by atoms with Crippen molar-refractivity contribution < 1.29 is 9.90 Å². The third kappa shape index (κ3) is 3.09. The highest BCUT2D eigenvalue weighted by Crippen LogP contribution is 2.28. The molecule has 17 heavy (non-hydrogen) atoms. The molecule has 0 aromatic heterocycles. The Kier molecular flexibility index (Phi) is 3.94. The monoisotopic (exact) mass is 233 g/mol. The lowest BCUT2D eigenvalue weighted by Crippen LogP contribution is -2.12. The Balaban J connectivity index is 3.14. The van der Waals surface area contributed by atoms with Crippen LogP contribution in [-0.2, 0) is 4.79 Å². The predicted octanol–water partition coefficient (Wildman–Crippen LogP) is 2.86. The lowest BCUT2D eigenvalue weighted by Gasteiger charge is -2.20. The molecule has 0 bridgehead atoms. The van der Waals surface area contributed by atoms with Crippen molar-refractivity contribution >= 4 is 17.2 Å². The molecule has 0 unspecified atom stereocenters. The largest absolute Gasteiger partial charge is 0.481 e. The minimum absolute atomic E-state index is 0.0137. The van der Waals surface area contributed by atoms with E-state index in [1.165, 1.54) is 5.69 Å². The van der Waals surface area contributed by atoms with Crippen molar-refractivity contribution in [3.8, 4) is 0 Å². The van der Waals surface area contributed by atoms with Crippen LogP contribution in [0.15, 0.2) is 18.7 Å². The molecule has 0 saturated carbocycles. The van der Waals surface area contributed by atoms with Gasteiger partial charge in [0.25, 0.3) is 0 Å². The lowest BCUT2D eigenvalue weighted by molar-refractivity contribution is -0.135. The summed E-state index contributed by atoms with van der Waals surface area (Å²) in [7, 11) is 4.00. The smallest absolute Gasteiger partial charge is 0.307 e. The fourth-order valence-corrected chi connectivity index (χ4v) is 2.15. The van der Waals surface area contributed by atoms with Crippen LogP contribution in [0.3, 0.4) is 0 Å². The van der Waals surface area contributed by atoms with E-state index >= 15 is 0 Å². The second-order valence-corrected chi connectivity index (χ2v) is 4.53. The van der Waals surface area contributed by atoms with Crippen LogP contribution in [0.1, 0.15) is 23.1 Å². The molecule has 0 spiro atoms. The van der Waals surface area contributed by atoms with Crippen LogP contribution in [0.25, 0.3) is 5.57 Å². The van der Waals surface area contributed by atoms with Crippen LogP contribution in [-0.4, -0.2) is 25.2 Å². The van der Waals surface area contributed by atoms with Gasteiger partial charge in [0.05, 0.1) is 6.42 Å². The summed E-state index contributed by atoms with van der Waals surface area (Å²) < 4.78 is 0. The van der Waals surface area contributed by atoms with Crippen LogP contribution in [0.2, 0.25) is 0 Å². The Hall–Kier alpha value is -1.77. The zero-order valence-electron chi connectivity index (χ0n) is 10.9. The molecule has 0 saturated heterocycles. The molecular weight excluding hydrogens is 214 g/mol. The van der Waals surface area contributed by atoms with Gasteiger partial charge in [-0.1, -0.05) is 6.58 Å². The predicted molar refractivity (Wildman–Crippen MR) is 71.5 cm³/mol. The van der Waals surface area contributed by atoms with E-state index in [1.54, 1.807) is 0 Å². The molecule has 3 nitrogen and oxygen atoms in total. The average Bonchev–Trinajstić information content (AvgIpc) is 2.14. The van der Waals surface area contributed by atoms with Gasteiger partial charge in [-0.25, -0.2) is 0 Å². The van der Waals surface area contributed by atoms with Gasteiger partial charge in [0, 0.05) is 19.8 Å². The van der Waals surface area contributed by atoms with Crippen molar-refractivity contribution in [2.24, 2.45) is 0 Å². The zero-order valence-corrected chi connectivity index (χ0v) is 10.9. The molecule has 0 radical (unpaired) electrons. The summed E-state index contributed by atoms with van der Waals surface area (Å²) in [6.07, 6.45) is -0.0137. The zero-order chi connectivity index (χ0) is 13.2. The number of aliphatic carboxylic acids is 1. The molecular formula is C14H19NO2. The van der Waals surface area contributed by atoms with E-state index < -0.39 is 5.97 Å². The first kappa shape index (κ1) is 13.3. The highest BCUT2D eigenvalue weighted by atomic mass is 16.4. The Morgan fingerprint density at radius 2 is 1.76 bits per heavy atom. The molecule has 3 heteroatoms. The molecule has 1 aromatic carbocycles. The SMILES string of the molecule is C=C(CC(=O)O)c1cc(C)c(N(C)C)c(C)c1. The van der Waals surface area contributed by atoms with Crippen molar-refractivity contribution in [1.82, 2.24) is 0 Å².